The summed E-state index contributed by atoms with van der Waals surface area (Å²) < 4.78 is 0. The Bertz CT molecular complexity index is 513. The zero-order valence-corrected chi connectivity index (χ0v) is 13.5. The van der Waals surface area contributed by atoms with E-state index in [2.05, 4.69) is 43.4 Å². The molecule has 0 aromatic heterocycles. The first kappa shape index (κ1) is 16.5. The van der Waals surface area contributed by atoms with Crippen LogP contribution in [0, 0.1) is 6.92 Å². The van der Waals surface area contributed by atoms with Gasteiger partial charge in [0.25, 0.3) is 0 Å². The fraction of sp³-hybridized carbons (Fsp3) is 0.529. The predicted molar refractivity (Wildman–Crippen MR) is 86.3 cm³/mol. The molecule has 1 heterocycles. The minimum Gasteiger partial charge on any atom is -0.354 e. The lowest BCUT2D eigenvalue weighted by Gasteiger charge is -2.29. The first-order valence-corrected chi connectivity index (χ1v) is 7.91. The molecule has 0 aliphatic carbocycles. The molecule has 0 saturated carbocycles. The third kappa shape index (κ3) is 4.84. The second-order valence-corrected chi connectivity index (χ2v) is 5.86. The number of rotatable bonds is 6. The fourth-order valence-corrected chi connectivity index (χ4v) is 2.59. The number of carbonyl (C=O) groups is 2. The molecule has 0 atom stereocenters. The molecule has 0 radical (unpaired) electrons. The van der Waals surface area contributed by atoms with Crippen LogP contribution in [0.1, 0.15) is 24.5 Å². The smallest absolute Gasteiger partial charge is 0.237 e. The van der Waals surface area contributed by atoms with Crippen molar-refractivity contribution in [1.82, 2.24) is 15.1 Å². The molecule has 1 aromatic rings. The molecule has 1 aliphatic rings. The first-order valence-electron chi connectivity index (χ1n) is 7.91. The molecule has 1 N–H and O–H groups in total. The van der Waals surface area contributed by atoms with E-state index < -0.39 is 0 Å². The molecule has 0 spiro atoms. The molecule has 5 heteroatoms. The Balaban J connectivity index is 1.95. The molecular formula is C17H25N3O2. The van der Waals surface area contributed by atoms with Crippen LogP contribution in [0.15, 0.2) is 24.3 Å². The minimum absolute atomic E-state index is 0.000346. The van der Waals surface area contributed by atoms with Crippen molar-refractivity contribution in [2.75, 3.05) is 32.7 Å². The Hall–Kier alpha value is -1.88. The highest BCUT2D eigenvalue weighted by Crippen LogP contribution is 2.09. The number of nitrogens with one attached hydrogen (secondary N) is 1. The summed E-state index contributed by atoms with van der Waals surface area (Å²) >= 11 is 0. The molecule has 1 aliphatic heterocycles. The SMILES string of the molecule is CCCN(Cc1ccc(C)cc1)C(=O)CN1CCNC(=O)C1. The van der Waals surface area contributed by atoms with E-state index in [0.29, 0.717) is 26.2 Å². The van der Waals surface area contributed by atoms with Gasteiger partial charge in [0.1, 0.15) is 0 Å². The summed E-state index contributed by atoms with van der Waals surface area (Å²) in [5.41, 5.74) is 2.36. The van der Waals surface area contributed by atoms with Crippen molar-refractivity contribution >= 4 is 11.8 Å². The Kier molecular flexibility index (Phi) is 5.95. The predicted octanol–water partition coefficient (Wildman–Crippen LogP) is 1.17. The van der Waals surface area contributed by atoms with Gasteiger partial charge in [-0.3, -0.25) is 14.5 Å². The van der Waals surface area contributed by atoms with Crippen LogP contribution in [-0.2, 0) is 16.1 Å². The van der Waals surface area contributed by atoms with Crippen LogP contribution in [0.3, 0.4) is 0 Å². The zero-order valence-electron chi connectivity index (χ0n) is 13.5. The van der Waals surface area contributed by atoms with Crippen LogP contribution in [-0.4, -0.2) is 54.3 Å². The van der Waals surface area contributed by atoms with Gasteiger partial charge in [0.15, 0.2) is 0 Å². The molecule has 2 amide bonds. The van der Waals surface area contributed by atoms with E-state index in [0.717, 1.165) is 25.1 Å². The summed E-state index contributed by atoms with van der Waals surface area (Å²) in [5.74, 6) is 0.0942. The molecule has 120 valence electrons. The normalized spacial score (nSPS) is 15.5. The van der Waals surface area contributed by atoms with E-state index in [-0.39, 0.29) is 11.8 Å². The van der Waals surface area contributed by atoms with Gasteiger partial charge in [0.05, 0.1) is 13.1 Å². The van der Waals surface area contributed by atoms with Gasteiger partial charge in [-0.05, 0) is 18.9 Å². The van der Waals surface area contributed by atoms with Crippen molar-refractivity contribution in [3.63, 3.8) is 0 Å². The molecule has 1 saturated heterocycles. The zero-order chi connectivity index (χ0) is 15.9. The molecule has 0 bridgehead atoms. The number of nitrogens with zero attached hydrogens (tertiary/aromatic N) is 2. The van der Waals surface area contributed by atoms with Crippen molar-refractivity contribution in [2.24, 2.45) is 0 Å². The molecule has 1 aromatic carbocycles. The maximum absolute atomic E-state index is 12.5. The number of piperazine rings is 1. The van der Waals surface area contributed by atoms with Gasteiger partial charge >= 0.3 is 0 Å². The monoisotopic (exact) mass is 303 g/mol. The summed E-state index contributed by atoms with van der Waals surface area (Å²) in [6, 6.07) is 8.27. The molecule has 22 heavy (non-hydrogen) atoms. The lowest BCUT2D eigenvalue weighted by atomic mass is 10.1. The average Bonchev–Trinajstić information content (AvgIpc) is 2.49. The third-order valence-electron chi connectivity index (χ3n) is 3.82. The van der Waals surface area contributed by atoms with Crippen LogP contribution in [0.25, 0.3) is 0 Å². The maximum atomic E-state index is 12.5. The van der Waals surface area contributed by atoms with Gasteiger partial charge in [-0.25, -0.2) is 0 Å². The van der Waals surface area contributed by atoms with E-state index in [4.69, 9.17) is 0 Å². The summed E-state index contributed by atoms with van der Waals surface area (Å²) in [7, 11) is 0. The van der Waals surface area contributed by atoms with Gasteiger partial charge in [0, 0.05) is 26.2 Å². The summed E-state index contributed by atoms with van der Waals surface area (Å²) in [5, 5.41) is 2.78. The first-order chi connectivity index (χ1) is 10.6. The van der Waals surface area contributed by atoms with E-state index >= 15 is 0 Å². The van der Waals surface area contributed by atoms with Gasteiger partial charge < -0.3 is 10.2 Å². The summed E-state index contributed by atoms with van der Waals surface area (Å²) in [6.07, 6.45) is 0.929. The third-order valence-corrected chi connectivity index (χ3v) is 3.82. The van der Waals surface area contributed by atoms with Crippen LogP contribution in [0.5, 0.6) is 0 Å². The van der Waals surface area contributed by atoms with Crippen molar-refractivity contribution in [3.05, 3.63) is 35.4 Å². The van der Waals surface area contributed by atoms with Gasteiger partial charge in [-0.1, -0.05) is 36.8 Å². The topological polar surface area (TPSA) is 52.7 Å². The van der Waals surface area contributed by atoms with Crippen LogP contribution < -0.4 is 5.32 Å². The average molecular weight is 303 g/mol. The van der Waals surface area contributed by atoms with E-state index in [9.17, 15) is 9.59 Å². The van der Waals surface area contributed by atoms with Gasteiger partial charge in [0.2, 0.25) is 11.8 Å². The molecule has 1 fully saturated rings. The van der Waals surface area contributed by atoms with Crippen molar-refractivity contribution < 1.29 is 9.59 Å². The van der Waals surface area contributed by atoms with Gasteiger partial charge in [-0.15, -0.1) is 0 Å². The molecule has 0 unspecified atom stereocenters. The number of hydrogen-bond acceptors (Lipinski definition) is 3. The Morgan fingerprint density at radius 3 is 2.68 bits per heavy atom. The Morgan fingerprint density at radius 2 is 2.05 bits per heavy atom. The Labute approximate surface area is 132 Å². The summed E-state index contributed by atoms with van der Waals surface area (Å²) in [4.78, 5) is 27.7. The van der Waals surface area contributed by atoms with E-state index in [1.54, 1.807) is 0 Å². The Morgan fingerprint density at radius 1 is 1.32 bits per heavy atom. The number of hydrogen-bond donors (Lipinski definition) is 1. The van der Waals surface area contributed by atoms with Crippen molar-refractivity contribution in [3.8, 4) is 0 Å². The highest BCUT2D eigenvalue weighted by molar-refractivity contribution is 5.81. The highest BCUT2D eigenvalue weighted by Gasteiger charge is 2.21. The lowest BCUT2D eigenvalue weighted by molar-refractivity contribution is -0.134. The largest absolute Gasteiger partial charge is 0.354 e. The van der Waals surface area contributed by atoms with E-state index in [1.807, 2.05) is 9.80 Å². The van der Waals surface area contributed by atoms with Crippen LogP contribution in [0.2, 0.25) is 0 Å². The number of carbonyl (C=O) groups excluding carboxylic acids is 2. The second-order valence-electron chi connectivity index (χ2n) is 5.86. The second kappa shape index (κ2) is 7.94. The van der Waals surface area contributed by atoms with Crippen LogP contribution in [0.4, 0.5) is 0 Å². The van der Waals surface area contributed by atoms with Gasteiger partial charge in [-0.2, -0.15) is 0 Å². The molecule has 5 nitrogen and oxygen atoms in total. The summed E-state index contributed by atoms with van der Waals surface area (Å²) in [6.45, 7) is 7.50. The van der Waals surface area contributed by atoms with Crippen molar-refractivity contribution in [2.45, 2.75) is 26.8 Å². The molecule has 2 rings (SSSR count). The molecular weight excluding hydrogens is 278 g/mol. The standard InChI is InChI=1S/C17H25N3O2/c1-3-9-20(11-15-6-4-14(2)5-7-15)17(22)13-19-10-8-18-16(21)12-19/h4-7H,3,8-13H2,1-2H3,(H,18,21). The number of amides is 2. The quantitative estimate of drug-likeness (QED) is 0.858. The highest BCUT2D eigenvalue weighted by atomic mass is 16.2. The number of aryl methyl sites for hydroxylation is 1. The fourth-order valence-electron chi connectivity index (χ4n) is 2.59. The minimum atomic E-state index is -0.000346. The van der Waals surface area contributed by atoms with E-state index in [1.165, 1.54) is 5.56 Å². The van der Waals surface area contributed by atoms with Crippen molar-refractivity contribution in [1.29, 1.82) is 0 Å². The van der Waals surface area contributed by atoms with Crippen LogP contribution >= 0.6 is 0 Å². The number of benzene rings is 1. The lowest BCUT2D eigenvalue weighted by Crippen LogP contribution is -2.51. The maximum Gasteiger partial charge on any atom is 0.237 e.